The maximum absolute atomic E-state index is 11.5. The first-order valence-electron chi connectivity index (χ1n) is 6.87. The summed E-state index contributed by atoms with van der Waals surface area (Å²) in [6.07, 6.45) is 1.17. The van der Waals surface area contributed by atoms with Gasteiger partial charge in [-0.15, -0.1) is 5.75 Å². The Morgan fingerprint density at radius 1 is 1.12 bits per heavy atom. The molecule has 24 heavy (non-hydrogen) atoms. The number of aromatic nitrogens is 1. The highest BCUT2D eigenvalue weighted by Gasteiger charge is 2.15. The topological polar surface area (TPSA) is 125 Å². The van der Waals surface area contributed by atoms with Gasteiger partial charge < -0.3 is 25.4 Å². The molecule has 2 N–H and O–H groups in total. The third-order valence-corrected chi connectivity index (χ3v) is 3.44. The number of fused-ring (bicyclic) bond motifs is 1. The fourth-order valence-electron chi connectivity index (χ4n) is 2.33. The molecule has 0 unspecified atom stereocenters. The van der Waals surface area contributed by atoms with Crippen LogP contribution in [0.15, 0.2) is 48.7 Å². The average Bonchev–Trinajstić information content (AvgIpc) is 2.54. The van der Waals surface area contributed by atoms with Crippen LogP contribution in [0.3, 0.4) is 0 Å². The first-order chi connectivity index (χ1) is 11.5. The Morgan fingerprint density at radius 2 is 1.92 bits per heavy atom. The predicted octanol–water partition coefficient (Wildman–Crippen LogP) is 1.11. The van der Waals surface area contributed by atoms with Gasteiger partial charge >= 0.3 is 5.97 Å². The van der Waals surface area contributed by atoms with E-state index in [0.29, 0.717) is 16.6 Å². The van der Waals surface area contributed by atoms with Gasteiger partial charge in [-0.2, -0.15) is 0 Å². The van der Waals surface area contributed by atoms with E-state index in [2.05, 4.69) is 10.3 Å². The quantitative estimate of drug-likeness (QED) is 0.737. The zero-order chi connectivity index (χ0) is 17.3. The van der Waals surface area contributed by atoms with Gasteiger partial charge in [0.25, 0.3) is 0 Å². The molecule has 0 spiro atoms. The first kappa shape index (κ1) is 15.3. The SMILES string of the molecule is O=C([O-])c1ccc2ncc(C(=O)O)c(Nc3cccc([O-])c3)c2c1. The predicted molar refractivity (Wildman–Crippen MR) is 82.2 cm³/mol. The first-order valence-corrected chi connectivity index (χ1v) is 6.87. The van der Waals surface area contributed by atoms with Gasteiger partial charge in [-0.1, -0.05) is 18.2 Å². The van der Waals surface area contributed by atoms with Gasteiger partial charge in [0, 0.05) is 17.3 Å². The number of carbonyl (C=O) groups excluding carboxylic acids is 1. The van der Waals surface area contributed by atoms with E-state index in [1.807, 2.05) is 0 Å². The summed E-state index contributed by atoms with van der Waals surface area (Å²) in [5.74, 6) is -2.86. The van der Waals surface area contributed by atoms with Gasteiger partial charge in [0.15, 0.2) is 0 Å². The van der Waals surface area contributed by atoms with Crippen LogP contribution in [0.2, 0.25) is 0 Å². The molecule has 0 bridgehead atoms. The molecule has 7 nitrogen and oxygen atoms in total. The van der Waals surface area contributed by atoms with Gasteiger partial charge in [-0.3, -0.25) is 4.98 Å². The molecule has 0 aliphatic rings. The van der Waals surface area contributed by atoms with Crippen molar-refractivity contribution in [3.8, 4) is 5.75 Å². The van der Waals surface area contributed by atoms with E-state index in [0.717, 1.165) is 0 Å². The fraction of sp³-hybridized carbons (Fsp3) is 0. The zero-order valence-corrected chi connectivity index (χ0v) is 12.1. The Morgan fingerprint density at radius 3 is 2.58 bits per heavy atom. The largest absolute Gasteiger partial charge is 0.872 e. The number of anilines is 2. The average molecular weight is 322 g/mol. The second-order valence-corrected chi connectivity index (χ2v) is 5.02. The van der Waals surface area contributed by atoms with Crippen LogP contribution in [0.5, 0.6) is 5.75 Å². The number of benzene rings is 2. The molecule has 0 aliphatic heterocycles. The maximum atomic E-state index is 11.5. The van der Waals surface area contributed by atoms with Crippen LogP contribution in [0, 0.1) is 0 Å². The maximum Gasteiger partial charge on any atom is 0.339 e. The highest BCUT2D eigenvalue weighted by atomic mass is 16.4. The monoisotopic (exact) mass is 322 g/mol. The summed E-state index contributed by atoms with van der Waals surface area (Å²) in [7, 11) is 0. The van der Waals surface area contributed by atoms with Crippen molar-refractivity contribution in [2.45, 2.75) is 0 Å². The van der Waals surface area contributed by atoms with Crippen molar-refractivity contribution in [2.75, 3.05) is 5.32 Å². The number of hydrogen-bond acceptors (Lipinski definition) is 6. The molecule has 2 aromatic carbocycles. The third kappa shape index (κ3) is 2.82. The summed E-state index contributed by atoms with van der Waals surface area (Å²) >= 11 is 0. The summed E-state index contributed by atoms with van der Waals surface area (Å²) in [5, 5.41) is 35.1. The molecule has 0 radical (unpaired) electrons. The van der Waals surface area contributed by atoms with E-state index < -0.39 is 11.9 Å². The molecule has 0 fully saturated rings. The van der Waals surface area contributed by atoms with Crippen LogP contribution in [0.1, 0.15) is 20.7 Å². The van der Waals surface area contributed by atoms with Crippen LogP contribution in [-0.2, 0) is 0 Å². The van der Waals surface area contributed by atoms with Crippen molar-refractivity contribution in [3.63, 3.8) is 0 Å². The Balaban J connectivity index is 2.24. The van der Waals surface area contributed by atoms with Crippen LogP contribution in [-0.4, -0.2) is 22.0 Å². The molecule has 0 saturated carbocycles. The minimum absolute atomic E-state index is 0.104. The summed E-state index contributed by atoms with van der Waals surface area (Å²) < 4.78 is 0. The molecular weight excluding hydrogens is 312 g/mol. The normalized spacial score (nSPS) is 10.5. The summed E-state index contributed by atoms with van der Waals surface area (Å²) in [6, 6.07) is 9.87. The fourth-order valence-corrected chi connectivity index (χ4v) is 2.33. The van der Waals surface area contributed by atoms with E-state index in [-0.39, 0.29) is 22.6 Å². The van der Waals surface area contributed by atoms with E-state index >= 15 is 0 Å². The highest BCUT2D eigenvalue weighted by Crippen LogP contribution is 2.30. The number of hydrogen-bond donors (Lipinski definition) is 2. The molecule has 1 heterocycles. The lowest BCUT2D eigenvalue weighted by molar-refractivity contribution is -0.268. The molecule has 0 amide bonds. The standard InChI is InChI=1S/C17H12N2O5/c20-11-3-1-2-10(7-11)19-15-12-6-9(16(21)22)4-5-14(12)18-8-13(15)17(23)24/h1-8,20H,(H,18,19)(H,21,22)(H,23,24)/p-2. The Labute approximate surface area is 135 Å². The zero-order valence-electron chi connectivity index (χ0n) is 12.1. The number of rotatable bonds is 4. The van der Waals surface area contributed by atoms with Crippen molar-refractivity contribution in [2.24, 2.45) is 0 Å². The number of nitrogens with zero attached hydrogens (tertiary/aromatic N) is 1. The van der Waals surface area contributed by atoms with Crippen molar-refractivity contribution in [1.82, 2.24) is 4.98 Å². The lowest BCUT2D eigenvalue weighted by atomic mass is 10.1. The summed E-state index contributed by atoms with van der Waals surface area (Å²) in [4.78, 5) is 26.6. The van der Waals surface area contributed by atoms with Crippen molar-refractivity contribution in [1.29, 1.82) is 0 Å². The van der Waals surface area contributed by atoms with Crippen molar-refractivity contribution in [3.05, 3.63) is 59.8 Å². The van der Waals surface area contributed by atoms with Gasteiger partial charge in [-0.25, -0.2) is 4.79 Å². The summed E-state index contributed by atoms with van der Waals surface area (Å²) in [6.45, 7) is 0. The van der Waals surface area contributed by atoms with E-state index in [1.165, 1.54) is 42.6 Å². The number of nitrogens with one attached hydrogen (secondary N) is 1. The minimum Gasteiger partial charge on any atom is -0.872 e. The van der Waals surface area contributed by atoms with E-state index in [4.69, 9.17) is 0 Å². The molecule has 0 aliphatic carbocycles. The van der Waals surface area contributed by atoms with E-state index in [1.54, 1.807) is 6.07 Å². The molecular formula is C17H10N2O5-2. The van der Waals surface area contributed by atoms with Crippen molar-refractivity contribution >= 4 is 34.2 Å². The number of carboxylic acid groups (broad SMARTS) is 2. The van der Waals surface area contributed by atoms with Crippen LogP contribution in [0.4, 0.5) is 11.4 Å². The highest BCUT2D eigenvalue weighted by molar-refractivity contribution is 6.06. The number of pyridine rings is 1. The van der Waals surface area contributed by atoms with Crippen LogP contribution >= 0.6 is 0 Å². The lowest BCUT2D eigenvalue weighted by Crippen LogP contribution is -2.22. The lowest BCUT2D eigenvalue weighted by Gasteiger charge is -2.15. The Hall–Kier alpha value is -3.61. The van der Waals surface area contributed by atoms with Gasteiger partial charge in [0.05, 0.1) is 17.2 Å². The Kier molecular flexibility index (Phi) is 3.75. The smallest absolute Gasteiger partial charge is 0.339 e. The molecule has 1 aromatic heterocycles. The van der Waals surface area contributed by atoms with Gasteiger partial charge in [-0.05, 0) is 29.8 Å². The molecule has 0 atom stereocenters. The molecule has 0 saturated heterocycles. The Bertz CT molecular complexity index is 963. The second-order valence-electron chi connectivity index (χ2n) is 5.02. The minimum atomic E-state index is -1.38. The van der Waals surface area contributed by atoms with E-state index in [9.17, 15) is 24.9 Å². The van der Waals surface area contributed by atoms with Gasteiger partial charge in [0.1, 0.15) is 5.56 Å². The number of aromatic carboxylic acids is 2. The number of carboxylic acids is 2. The van der Waals surface area contributed by atoms with Gasteiger partial charge in [0.2, 0.25) is 0 Å². The number of carbonyl (C=O) groups is 2. The van der Waals surface area contributed by atoms with Crippen LogP contribution in [0.25, 0.3) is 10.9 Å². The molecule has 7 heteroatoms. The molecule has 3 aromatic rings. The van der Waals surface area contributed by atoms with Crippen molar-refractivity contribution < 1.29 is 24.9 Å². The van der Waals surface area contributed by atoms with Crippen LogP contribution < -0.4 is 15.5 Å². The molecule has 3 rings (SSSR count). The third-order valence-electron chi connectivity index (χ3n) is 3.44. The summed E-state index contributed by atoms with van der Waals surface area (Å²) in [5.41, 5.74) is 0.699. The second kappa shape index (κ2) is 5.88. The molecule has 120 valence electrons.